The van der Waals surface area contributed by atoms with Crippen molar-refractivity contribution >= 4 is 0 Å². The smallest absolute Gasteiger partial charge is 0.0128 e. The van der Waals surface area contributed by atoms with Crippen LogP contribution in [0.15, 0.2) is 0 Å². The van der Waals surface area contributed by atoms with Crippen molar-refractivity contribution in [3.63, 3.8) is 0 Å². The van der Waals surface area contributed by atoms with Crippen LogP contribution in [0.5, 0.6) is 0 Å². The monoisotopic (exact) mass is 296 g/mol. The maximum absolute atomic E-state index is 3.76. The molecule has 21 heavy (non-hydrogen) atoms. The molecule has 1 N–H and O–H groups in total. The van der Waals surface area contributed by atoms with Crippen LogP contribution in [0.4, 0.5) is 0 Å². The highest BCUT2D eigenvalue weighted by molar-refractivity contribution is 4.84. The van der Waals surface area contributed by atoms with Crippen LogP contribution in [-0.4, -0.2) is 37.1 Å². The van der Waals surface area contributed by atoms with E-state index in [0.29, 0.717) is 16.9 Å². The predicted molar refractivity (Wildman–Crippen MR) is 94.8 cm³/mol. The van der Waals surface area contributed by atoms with Gasteiger partial charge >= 0.3 is 0 Å². The van der Waals surface area contributed by atoms with Crippen LogP contribution in [0, 0.1) is 16.7 Å². The number of likely N-dealkylation sites (tertiary alicyclic amines) is 1. The standard InChI is InChI=1S/C19H40N2/c1-8-12-20-17(19(5,6)7)11-15-21-13-9-16(10-14-21)18(2,3)4/h16-17,20H,8-15H2,1-7H3. The van der Waals surface area contributed by atoms with Crippen LogP contribution in [0.25, 0.3) is 0 Å². The highest BCUT2D eigenvalue weighted by atomic mass is 15.1. The largest absolute Gasteiger partial charge is 0.313 e. The van der Waals surface area contributed by atoms with Crippen molar-refractivity contribution in [3.05, 3.63) is 0 Å². The van der Waals surface area contributed by atoms with E-state index in [-0.39, 0.29) is 0 Å². The van der Waals surface area contributed by atoms with Gasteiger partial charge in [0.15, 0.2) is 0 Å². The second-order valence-electron chi connectivity index (χ2n) is 9.14. The fraction of sp³-hybridized carbons (Fsp3) is 1.00. The van der Waals surface area contributed by atoms with E-state index in [1.807, 2.05) is 0 Å². The molecule has 1 atom stereocenters. The minimum absolute atomic E-state index is 0.360. The summed E-state index contributed by atoms with van der Waals surface area (Å²) in [5, 5.41) is 3.76. The summed E-state index contributed by atoms with van der Waals surface area (Å²) >= 11 is 0. The molecule has 0 bridgehead atoms. The van der Waals surface area contributed by atoms with Gasteiger partial charge in [0, 0.05) is 6.04 Å². The lowest BCUT2D eigenvalue weighted by atomic mass is 9.75. The summed E-state index contributed by atoms with van der Waals surface area (Å²) in [6.45, 7) is 21.6. The first-order chi connectivity index (χ1) is 9.64. The second-order valence-corrected chi connectivity index (χ2v) is 9.14. The Balaban J connectivity index is 2.37. The van der Waals surface area contributed by atoms with E-state index in [0.717, 1.165) is 12.5 Å². The van der Waals surface area contributed by atoms with Gasteiger partial charge in [0.25, 0.3) is 0 Å². The van der Waals surface area contributed by atoms with Gasteiger partial charge in [-0.2, -0.15) is 0 Å². The zero-order valence-electron chi connectivity index (χ0n) is 15.8. The van der Waals surface area contributed by atoms with Crippen LogP contribution in [0.1, 0.15) is 74.1 Å². The van der Waals surface area contributed by atoms with Gasteiger partial charge in [-0.3, -0.25) is 0 Å². The van der Waals surface area contributed by atoms with E-state index < -0.39 is 0 Å². The van der Waals surface area contributed by atoms with Gasteiger partial charge in [0.1, 0.15) is 0 Å². The predicted octanol–water partition coefficient (Wildman–Crippen LogP) is 4.55. The van der Waals surface area contributed by atoms with Crippen LogP contribution in [0.3, 0.4) is 0 Å². The Morgan fingerprint density at radius 3 is 2.05 bits per heavy atom. The Morgan fingerprint density at radius 2 is 1.62 bits per heavy atom. The van der Waals surface area contributed by atoms with Crippen molar-refractivity contribution < 1.29 is 0 Å². The third-order valence-electron chi connectivity index (χ3n) is 5.23. The maximum Gasteiger partial charge on any atom is 0.0128 e. The molecule has 0 aliphatic carbocycles. The third kappa shape index (κ3) is 6.69. The molecule has 0 saturated carbocycles. The summed E-state index contributed by atoms with van der Waals surface area (Å²) < 4.78 is 0. The van der Waals surface area contributed by atoms with Gasteiger partial charge in [0.2, 0.25) is 0 Å². The lowest BCUT2D eigenvalue weighted by Crippen LogP contribution is -2.45. The highest BCUT2D eigenvalue weighted by Crippen LogP contribution is 2.34. The molecule has 1 aliphatic rings. The molecular formula is C19H40N2. The summed E-state index contributed by atoms with van der Waals surface area (Å²) in [6, 6.07) is 0.637. The Morgan fingerprint density at radius 1 is 1.05 bits per heavy atom. The number of rotatable bonds is 6. The maximum atomic E-state index is 3.76. The summed E-state index contributed by atoms with van der Waals surface area (Å²) in [4.78, 5) is 2.69. The minimum atomic E-state index is 0.360. The lowest BCUT2D eigenvalue weighted by Gasteiger charge is -2.40. The van der Waals surface area contributed by atoms with E-state index in [9.17, 15) is 0 Å². The molecule has 2 nitrogen and oxygen atoms in total. The summed E-state index contributed by atoms with van der Waals surface area (Å²) in [5.41, 5.74) is 0.849. The average Bonchev–Trinajstić information content (AvgIpc) is 2.36. The molecule has 1 saturated heterocycles. The zero-order valence-corrected chi connectivity index (χ0v) is 15.8. The highest BCUT2D eigenvalue weighted by Gasteiger charge is 2.29. The van der Waals surface area contributed by atoms with Crippen molar-refractivity contribution in [1.29, 1.82) is 0 Å². The van der Waals surface area contributed by atoms with Crippen molar-refractivity contribution in [1.82, 2.24) is 10.2 Å². The molecule has 126 valence electrons. The van der Waals surface area contributed by atoms with Gasteiger partial charge in [-0.25, -0.2) is 0 Å². The van der Waals surface area contributed by atoms with Crippen LogP contribution in [0.2, 0.25) is 0 Å². The van der Waals surface area contributed by atoms with Crippen molar-refractivity contribution in [2.45, 2.75) is 80.2 Å². The fourth-order valence-corrected chi connectivity index (χ4v) is 3.49. The van der Waals surface area contributed by atoms with Gasteiger partial charge in [0.05, 0.1) is 0 Å². The molecule has 0 aromatic heterocycles. The molecule has 0 aromatic carbocycles. The molecule has 1 unspecified atom stereocenters. The first-order valence-corrected chi connectivity index (χ1v) is 9.10. The first-order valence-electron chi connectivity index (χ1n) is 9.10. The minimum Gasteiger partial charge on any atom is -0.313 e. The van der Waals surface area contributed by atoms with E-state index in [1.54, 1.807) is 0 Å². The summed E-state index contributed by atoms with van der Waals surface area (Å²) in [7, 11) is 0. The fourth-order valence-electron chi connectivity index (χ4n) is 3.49. The molecule has 1 heterocycles. The van der Waals surface area contributed by atoms with Gasteiger partial charge < -0.3 is 10.2 Å². The SMILES string of the molecule is CCCNC(CCN1CCC(C(C)(C)C)CC1)C(C)(C)C. The zero-order chi connectivity index (χ0) is 16.1. The molecular weight excluding hydrogens is 256 g/mol. The first kappa shape index (κ1) is 19.0. The van der Waals surface area contributed by atoms with Gasteiger partial charge in [-0.05, 0) is 68.6 Å². The molecule has 2 heteroatoms. The number of hydrogen-bond acceptors (Lipinski definition) is 2. The average molecular weight is 297 g/mol. The molecule has 1 fully saturated rings. The summed E-state index contributed by atoms with van der Waals surface area (Å²) in [5.74, 6) is 0.908. The Kier molecular flexibility index (Phi) is 7.19. The van der Waals surface area contributed by atoms with Crippen molar-refractivity contribution in [2.24, 2.45) is 16.7 Å². The molecule has 0 amide bonds. The molecule has 0 radical (unpaired) electrons. The van der Waals surface area contributed by atoms with Crippen LogP contribution < -0.4 is 5.32 Å². The topological polar surface area (TPSA) is 15.3 Å². The summed E-state index contributed by atoms with van der Waals surface area (Å²) in [6.07, 6.45) is 5.27. The van der Waals surface area contributed by atoms with Crippen molar-refractivity contribution in [3.8, 4) is 0 Å². The van der Waals surface area contributed by atoms with Gasteiger partial charge in [-0.1, -0.05) is 48.5 Å². The quantitative estimate of drug-likeness (QED) is 0.773. The van der Waals surface area contributed by atoms with E-state index >= 15 is 0 Å². The Labute approximate surface area is 134 Å². The Hall–Kier alpha value is -0.0800. The molecule has 0 spiro atoms. The van der Waals surface area contributed by atoms with E-state index in [4.69, 9.17) is 0 Å². The second kappa shape index (κ2) is 7.97. The number of nitrogens with one attached hydrogen (secondary N) is 1. The van der Waals surface area contributed by atoms with Gasteiger partial charge in [-0.15, -0.1) is 0 Å². The molecule has 1 rings (SSSR count). The third-order valence-corrected chi connectivity index (χ3v) is 5.23. The molecule has 0 aromatic rings. The van der Waals surface area contributed by atoms with E-state index in [2.05, 4.69) is 58.7 Å². The number of nitrogens with zero attached hydrogens (tertiary/aromatic N) is 1. The number of hydrogen-bond donors (Lipinski definition) is 1. The number of piperidine rings is 1. The van der Waals surface area contributed by atoms with Crippen LogP contribution in [-0.2, 0) is 0 Å². The molecule has 1 aliphatic heterocycles. The normalized spacial score (nSPS) is 20.7. The van der Waals surface area contributed by atoms with E-state index in [1.165, 1.54) is 45.3 Å². The van der Waals surface area contributed by atoms with Crippen molar-refractivity contribution in [2.75, 3.05) is 26.2 Å². The Bertz CT molecular complexity index is 277. The lowest BCUT2D eigenvalue weighted by molar-refractivity contribution is 0.104. The van der Waals surface area contributed by atoms with Crippen LogP contribution >= 0.6 is 0 Å².